The van der Waals surface area contributed by atoms with Crippen LogP contribution in [0.2, 0.25) is 0 Å². The highest BCUT2D eigenvalue weighted by Crippen LogP contribution is 2.15. The van der Waals surface area contributed by atoms with Gasteiger partial charge in [-0.05, 0) is 38.1 Å². The van der Waals surface area contributed by atoms with Gasteiger partial charge in [0.2, 0.25) is 5.91 Å². The fourth-order valence-corrected chi connectivity index (χ4v) is 1.62. The minimum Gasteiger partial charge on any atom is -0.324 e. The summed E-state index contributed by atoms with van der Waals surface area (Å²) in [6, 6.07) is 4.85. The highest BCUT2D eigenvalue weighted by Gasteiger charge is 2.10. The van der Waals surface area contributed by atoms with Crippen molar-refractivity contribution in [3.05, 3.63) is 29.6 Å². The van der Waals surface area contributed by atoms with E-state index in [4.69, 9.17) is 0 Å². The molecule has 0 spiro atoms. The summed E-state index contributed by atoms with van der Waals surface area (Å²) in [6.45, 7) is 6.53. The van der Waals surface area contributed by atoms with Crippen LogP contribution in [0.4, 0.5) is 10.1 Å². The molecule has 3 nitrogen and oxygen atoms in total. The Hall–Kier alpha value is -1.42. The molecule has 0 heterocycles. The number of anilines is 1. The van der Waals surface area contributed by atoms with Crippen molar-refractivity contribution in [2.75, 3.05) is 11.9 Å². The van der Waals surface area contributed by atoms with Crippen molar-refractivity contribution < 1.29 is 9.18 Å². The van der Waals surface area contributed by atoms with Crippen molar-refractivity contribution in [1.82, 2.24) is 5.32 Å². The van der Waals surface area contributed by atoms with Gasteiger partial charge in [-0.25, -0.2) is 4.39 Å². The molecular formula is C13H19FN2O. The molecule has 94 valence electrons. The molecule has 0 saturated heterocycles. The molecule has 1 rings (SSSR count). The number of hydrogen-bond acceptors (Lipinski definition) is 2. The number of carbonyl (C=O) groups excluding carboxylic acids is 1. The van der Waals surface area contributed by atoms with Gasteiger partial charge in [0, 0.05) is 12.5 Å². The zero-order valence-electron chi connectivity index (χ0n) is 10.5. The fourth-order valence-electron chi connectivity index (χ4n) is 1.62. The number of aryl methyl sites for hydroxylation is 1. The molecule has 0 aliphatic heterocycles. The molecule has 0 radical (unpaired) electrons. The van der Waals surface area contributed by atoms with Crippen molar-refractivity contribution in [2.24, 2.45) is 0 Å². The van der Waals surface area contributed by atoms with E-state index in [0.717, 1.165) is 12.1 Å². The minimum absolute atomic E-state index is 0.0912. The van der Waals surface area contributed by atoms with Gasteiger partial charge in [0.15, 0.2) is 0 Å². The van der Waals surface area contributed by atoms with E-state index in [9.17, 15) is 9.18 Å². The molecule has 1 atom stereocenters. The second-order valence-corrected chi connectivity index (χ2v) is 4.19. The second kappa shape index (κ2) is 6.35. The van der Waals surface area contributed by atoms with Crippen LogP contribution in [0.3, 0.4) is 0 Å². The Morgan fingerprint density at radius 2 is 2.18 bits per heavy atom. The molecule has 1 aromatic rings. The molecular weight excluding hydrogens is 219 g/mol. The summed E-state index contributed by atoms with van der Waals surface area (Å²) >= 11 is 0. The summed E-state index contributed by atoms with van der Waals surface area (Å²) < 4.78 is 13.5. The first-order valence-electron chi connectivity index (χ1n) is 5.82. The van der Waals surface area contributed by atoms with Gasteiger partial charge in [0.05, 0.1) is 5.69 Å². The maximum atomic E-state index is 13.5. The van der Waals surface area contributed by atoms with Crippen LogP contribution in [-0.4, -0.2) is 18.5 Å². The third-order valence-electron chi connectivity index (χ3n) is 2.44. The van der Waals surface area contributed by atoms with Gasteiger partial charge in [-0.2, -0.15) is 0 Å². The van der Waals surface area contributed by atoms with E-state index in [2.05, 4.69) is 10.6 Å². The highest BCUT2D eigenvalue weighted by molar-refractivity contribution is 5.91. The number of benzene rings is 1. The first kappa shape index (κ1) is 13.6. The van der Waals surface area contributed by atoms with Crippen LogP contribution in [0, 0.1) is 12.7 Å². The van der Waals surface area contributed by atoms with Gasteiger partial charge in [-0.3, -0.25) is 4.79 Å². The Bertz CT molecular complexity index is 393. The van der Waals surface area contributed by atoms with E-state index in [1.807, 2.05) is 20.8 Å². The topological polar surface area (TPSA) is 41.1 Å². The maximum absolute atomic E-state index is 13.5. The highest BCUT2D eigenvalue weighted by atomic mass is 19.1. The molecule has 1 amide bonds. The van der Waals surface area contributed by atoms with Crippen molar-refractivity contribution in [1.29, 1.82) is 0 Å². The van der Waals surface area contributed by atoms with Crippen LogP contribution in [0.1, 0.15) is 25.8 Å². The third kappa shape index (κ3) is 4.53. The molecule has 17 heavy (non-hydrogen) atoms. The normalized spacial score (nSPS) is 12.2. The first-order valence-corrected chi connectivity index (χ1v) is 5.82. The molecule has 1 aromatic carbocycles. The lowest BCUT2D eigenvalue weighted by Crippen LogP contribution is -2.30. The van der Waals surface area contributed by atoms with Crippen molar-refractivity contribution in [2.45, 2.75) is 33.2 Å². The van der Waals surface area contributed by atoms with Crippen LogP contribution in [0.25, 0.3) is 0 Å². The molecule has 4 heteroatoms. The summed E-state index contributed by atoms with van der Waals surface area (Å²) in [7, 11) is 0. The molecule has 0 aliphatic carbocycles. The van der Waals surface area contributed by atoms with Crippen LogP contribution < -0.4 is 10.6 Å². The average molecular weight is 238 g/mol. The smallest absolute Gasteiger partial charge is 0.226 e. The average Bonchev–Trinajstić information content (AvgIpc) is 2.22. The zero-order valence-corrected chi connectivity index (χ0v) is 10.5. The maximum Gasteiger partial charge on any atom is 0.226 e. The van der Waals surface area contributed by atoms with Crippen LogP contribution >= 0.6 is 0 Å². The van der Waals surface area contributed by atoms with Crippen LogP contribution in [0.5, 0.6) is 0 Å². The van der Waals surface area contributed by atoms with Crippen molar-refractivity contribution >= 4 is 11.6 Å². The molecule has 0 bridgehead atoms. The first-order chi connectivity index (χ1) is 8.02. The predicted octanol–water partition coefficient (Wildman–Crippen LogP) is 2.46. The Labute approximate surface area is 101 Å². The van der Waals surface area contributed by atoms with E-state index in [0.29, 0.717) is 6.42 Å². The van der Waals surface area contributed by atoms with E-state index in [-0.39, 0.29) is 17.6 Å². The van der Waals surface area contributed by atoms with Gasteiger partial charge in [0.1, 0.15) is 5.82 Å². The Morgan fingerprint density at radius 3 is 2.76 bits per heavy atom. The lowest BCUT2D eigenvalue weighted by molar-refractivity contribution is -0.116. The monoisotopic (exact) mass is 238 g/mol. The summed E-state index contributed by atoms with van der Waals surface area (Å²) in [4.78, 5) is 11.6. The SMILES string of the molecule is CCNC(C)CC(=O)Nc1ccc(C)cc1F. The Morgan fingerprint density at radius 1 is 1.47 bits per heavy atom. The zero-order chi connectivity index (χ0) is 12.8. The summed E-state index contributed by atoms with van der Waals surface area (Å²) in [5.41, 5.74) is 1.07. The molecule has 0 saturated carbocycles. The van der Waals surface area contributed by atoms with E-state index in [1.165, 1.54) is 6.07 Å². The Balaban J connectivity index is 2.56. The standard InChI is InChI=1S/C13H19FN2O/c1-4-15-10(3)8-13(17)16-12-6-5-9(2)7-11(12)14/h5-7,10,15H,4,8H2,1-3H3,(H,16,17). The molecule has 2 N–H and O–H groups in total. The number of nitrogens with one attached hydrogen (secondary N) is 2. The second-order valence-electron chi connectivity index (χ2n) is 4.19. The largest absolute Gasteiger partial charge is 0.324 e. The summed E-state index contributed by atoms with van der Waals surface area (Å²) in [6.07, 6.45) is 0.334. The number of rotatable bonds is 5. The van der Waals surface area contributed by atoms with Crippen molar-refractivity contribution in [3.63, 3.8) is 0 Å². The molecule has 0 aliphatic rings. The van der Waals surface area contributed by atoms with Crippen molar-refractivity contribution in [3.8, 4) is 0 Å². The minimum atomic E-state index is -0.394. The Kier molecular flexibility index (Phi) is 5.10. The molecule has 0 fully saturated rings. The van der Waals surface area contributed by atoms with Gasteiger partial charge >= 0.3 is 0 Å². The summed E-state index contributed by atoms with van der Waals surface area (Å²) in [5, 5.41) is 5.70. The fraction of sp³-hybridized carbons (Fsp3) is 0.462. The van der Waals surface area contributed by atoms with Gasteiger partial charge < -0.3 is 10.6 Å². The third-order valence-corrected chi connectivity index (χ3v) is 2.44. The predicted molar refractivity (Wildman–Crippen MR) is 67.5 cm³/mol. The van der Waals surface area contributed by atoms with Gasteiger partial charge in [-0.1, -0.05) is 13.0 Å². The number of hydrogen-bond donors (Lipinski definition) is 2. The van der Waals surface area contributed by atoms with E-state index in [1.54, 1.807) is 12.1 Å². The molecule has 0 aromatic heterocycles. The number of carbonyl (C=O) groups is 1. The number of halogens is 1. The quantitative estimate of drug-likeness (QED) is 0.827. The van der Waals surface area contributed by atoms with E-state index < -0.39 is 5.82 Å². The van der Waals surface area contributed by atoms with Gasteiger partial charge in [0.25, 0.3) is 0 Å². The van der Waals surface area contributed by atoms with Crippen LogP contribution in [0.15, 0.2) is 18.2 Å². The van der Waals surface area contributed by atoms with Crippen LogP contribution in [-0.2, 0) is 4.79 Å². The summed E-state index contributed by atoms with van der Waals surface area (Å²) in [5.74, 6) is -0.573. The van der Waals surface area contributed by atoms with Gasteiger partial charge in [-0.15, -0.1) is 0 Å². The number of amides is 1. The lowest BCUT2D eigenvalue weighted by atomic mass is 10.2. The lowest BCUT2D eigenvalue weighted by Gasteiger charge is -2.12. The molecule has 1 unspecified atom stereocenters. The van der Waals surface area contributed by atoms with E-state index >= 15 is 0 Å².